The smallest absolute Gasteiger partial charge is 0.263 e. The topological polar surface area (TPSA) is 75.7 Å². The summed E-state index contributed by atoms with van der Waals surface area (Å²) in [4.78, 5) is 14.2. The van der Waals surface area contributed by atoms with Crippen LogP contribution in [0, 0.1) is 11.7 Å². The fraction of sp³-hybridized carbons (Fsp3) is 0.350. The highest BCUT2D eigenvalue weighted by molar-refractivity contribution is 7.92. The van der Waals surface area contributed by atoms with Gasteiger partial charge in [0.05, 0.1) is 4.90 Å². The van der Waals surface area contributed by atoms with Crippen LogP contribution in [0.4, 0.5) is 10.1 Å². The van der Waals surface area contributed by atoms with Crippen molar-refractivity contribution >= 4 is 21.6 Å². The first kappa shape index (κ1) is 20.1. The van der Waals surface area contributed by atoms with Gasteiger partial charge in [0.25, 0.3) is 15.9 Å². The van der Waals surface area contributed by atoms with Crippen molar-refractivity contribution in [3.8, 4) is 5.75 Å². The molecule has 0 spiro atoms. The lowest BCUT2D eigenvalue weighted by atomic mass is 10.1. The SMILES string of the molecule is CC(C)CN1Cc2cc(NS(=O)(=O)c3ccc(F)cc3)ccc2OC(C)C1=O. The molecule has 1 unspecified atom stereocenters. The van der Waals surface area contributed by atoms with Crippen LogP contribution in [-0.2, 0) is 21.4 Å². The maximum atomic E-state index is 13.1. The summed E-state index contributed by atoms with van der Waals surface area (Å²) in [7, 11) is -3.86. The molecular weight excluding hydrogens is 383 g/mol. The number of nitrogens with one attached hydrogen (secondary N) is 1. The second-order valence-electron chi connectivity index (χ2n) is 7.25. The number of sulfonamides is 1. The first-order valence-electron chi connectivity index (χ1n) is 9.02. The van der Waals surface area contributed by atoms with Gasteiger partial charge in [-0.3, -0.25) is 9.52 Å². The largest absolute Gasteiger partial charge is 0.481 e. The lowest BCUT2D eigenvalue weighted by Gasteiger charge is -2.24. The highest BCUT2D eigenvalue weighted by Gasteiger charge is 2.28. The van der Waals surface area contributed by atoms with Gasteiger partial charge in [-0.25, -0.2) is 12.8 Å². The predicted molar refractivity (Wildman–Crippen MR) is 104 cm³/mol. The van der Waals surface area contributed by atoms with Crippen molar-refractivity contribution < 1.29 is 22.3 Å². The normalized spacial score (nSPS) is 17.1. The van der Waals surface area contributed by atoms with Gasteiger partial charge >= 0.3 is 0 Å². The minimum Gasteiger partial charge on any atom is -0.481 e. The van der Waals surface area contributed by atoms with Gasteiger partial charge in [0, 0.05) is 24.3 Å². The second kappa shape index (κ2) is 7.79. The number of hydrogen-bond acceptors (Lipinski definition) is 4. The van der Waals surface area contributed by atoms with Gasteiger partial charge in [-0.2, -0.15) is 0 Å². The maximum Gasteiger partial charge on any atom is 0.263 e. The third-order valence-corrected chi connectivity index (χ3v) is 5.74. The molecule has 1 amide bonds. The molecule has 8 heteroatoms. The summed E-state index contributed by atoms with van der Waals surface area (Å²) in [5.74, 6) is 0.234. The minimum absolute atomic E-state index is 0.0367. The molecule has 2 aromatic carbocycles. The third-order valence-electron chi connectivity index (χ3n) is 4.35. The molecule has 1 aliphatic rings. The van der Waals surface area contributed by atoms with Gasteiger partial charge in [0.1, 0.15) is 11.6 Å². The molecule has 1 heterocycles. The number of fused-ring (bicyclic) bond motifs is 1. The average molecular weight is 406 g/mol. The van der Waals surface area contributed by atoms with Crippen molar-refractivity contribution in [1.29, 1.82) is 0 Å². The summed E-state index contributed by atoms with van der Waals surface area (Å²) in [5.41, 5.74) is 1.07. The molecule has 0 saturated carbocycles. The summed E-state index contributed by atoms with van der Waals surface area (Å²) >= 11 is 0. The van der Waals surface area contributed by atoms with E-state index < -0.39 is 21.9 Å². The van der Waals surface area contributed by atoms with Gasteiger partial charge in [0.2, 0.25) is 0 Å². The molecule has 1 atom stereocenters. The van der Waals surface area contributed by atoms with Crippen LogP contribution in [0.25, 0.3) is 0 Å². The van der Waals surface area contributed by atoms with Crippen LogP contribution in [0.2, 0.25) is 0 Å². The number of hydrogen-bond donors (Lipinski definition) is 1. The van der Waals surface area contributed by atoms with E-state index in [1.807, 2.05) is 13.8 Å². The molecule has 6 nitrogen and oxygen atoms in total. The molecule has 0 bridgehead atoms. The van der Waals surface area contributed by atoms with E-state index in [-0.39, 0.29) is 16.7 Å². The number of rotatable bonds is 5. The minimum atomic E-state index is -3.86. The van der Waals surface area contributed by atoms with Gasteiger partial charge in [-0.1, -0.05) is 13.8 Å². The van der Waals surface area contributed by atoms with Crippen molar-refractivity contribution in [3.63, 3.8) is 0 Å². The Labute approximate surface area is 164 Å². The Kier molecular flexibility index (Phi) is 5.60. The van der Waals surface area contributed by atoms with Crippen molar-refractivity contribution in [1.82, 2.24) is 4.90 Å². The molecular formula is C20H23FN2O4S. The molecule has 28 heavy (non-hydrogen) atoms. The summed E-state index contributed by atoms with van der Waals surface area (Å²) in [6.07, 6.45) is -0.609. The van der Waals surface area contributed by atoms with Crippen LogP contribution in [-0.4, -0.2) is 31.9 Å². The molecule has 0 radical (unpaired) electrons. The fourth-order valence-corrected chi connectivity index (χ4v) is 4.14. The van der Waals surface area contributed by atoms with Crippen LogP contribution in [0.15, 0.2) is 47.4 Å². The molecule has 1 N–H and O–H groups in total. The number of nitrogens with zero attached hydrogens (tertiary/aromatic N) is 1. The number of benzene rings is 2. The predicted octanol–water partition coefficient (Wildman–Crippen LogP) is 3.39. The molecule has 0 fully saturated rings. The van der Waals surface area contributed by atoms with Crippen LogP contribution < -0.4 is 9.46 Å². The monoisotopic (exact) mass is 406 g/mol. The zero-order valence-corrected chi connectivity index (χ0v) is 16.8. The molecule has 1 aliphatic heterocycles. The number of halogens is 1. The Bertz CT molecular complexity index is 974. The van der Waals surface area contributed by atoms with E-state index in [9.17, 15) is 17.6 Å². The molecule has 2 aromatic rings. The zero-order chi connectivity index (χ0) is 20.5. The average Bonchev–Trinajstić information content (AvgIpc) is 2.72. The van der Waals surface area contributed by atoms with Crippen molar-refractivity contribution in [2.75, 3.05) is 11.3 Å². The van der Waals surface area contributed by atoms with E-state index in [0.29, 0.717) is 24.5 Å². The van der Waals surface area contributed by atoms with Crippen LogP contribution >= 0.6 is 0 Å². The number of amides is 1. The van der Waals surface area contributed by atoms with E-state index in [4.69, 9.17) is 4.74 Å². The van der Waals surface area contributed by atoms with E-state index in [1.54, 1.807) is 30.0 Å². The summed E-state index contributed by atoms with van der Waals surface area (Å²) < 4.78 is 46.4. The number of carbonyl (C=O) groups excluding carboxylic acids is 1. The van der Waals surface area contributed by atoms with E-state index in [2.05, 4.69) is 4.72 Å². The standard InChI is InChI=1S/C20H23FN2O4S/c1-13(2)11-23-12-15-10-17(6-9-19(15)27-14(3)20(23)24)22-28(25,26)18-7-4-16(21)5-8-18/h4-10,13-14,22H,11-12H2,1-3H3. The molecule has 150 valence electrons. The van der Waals surface area contributed by atoms with Crippen LogP contribution in [0.3, 0.4) is 0 Å². The molecule has 0 aliphatic carbocycles. The first-order chi connectivity index (χ1) is 13.2. The third kappa shape index (κ3) is 4.44. The Morgan fingerprint density at radius 3 is 2.54 bits per heavy atom. The summed E-state index contributed by atoms with van der Waals surface area (Å²) in [6, 6.07) is 9.49. The zero-order valence-electron chi connectivity index (χ0n) is 16.0. The van der Waals surface area contributed by atoms with E-state index >= 15 is 0 Å². The number of anilines is 1. The molecule has 3 rings (SSSR count). The summed E-state index contributed by atoms with van der Waals surface area (Å²) in [6.45, 7) is 6.67. The molecule has 0 saturated heterocycles. The van der Waals surface area contributed by atoms with Crippen molar-refractivity contribution in [2.45, 2.75) is 38.3 Å². The van der Waals surface area contributed by atoms with Crippen molar-refractivity contribution in [2.24, 2.45) is 5.92 Å². The lowest BCUT2D eigenvalue weighted by molar-refractivity contribution is -0.138. The Morgan fingerprint density at radius 2 is 1.89 bits per heavy atom. The van der Waals surface area contributed by atoms with Gasteiger partial charge in [-0.05, 0) is 55.3 Å². The van der Waals surface area contributed by atoms with Crippen LogP contribution in [0.1, 0.15) is 26.3 Å². The van der Waals surface area contributed by atoms with Crippen molar-refractivity contribution in [3.05, 3.63) is 53.8 Å². The summed E-state index contributed by atoms with van der Waals surface area (Å²) in [5, 5.41) is 0. The quantitative estimate of drug-likeness (QED) is 0.826. The number of carbonyl (C=O) groups is 1. The Hall–Kier alpha value is -2.61. The first-order valence-corrected chi connectivity index (χ1v) is 10.5. The number of ether oxygens (including phenoxy) is 1. The van der Waals surface area contributed by atoms with E-state index in [0.717, 1.165) is 17.7 Å². The highest BCUT2D eigenvalue weighted by Crippen LogP contribution is 2.30. The Balaban J connectivity index is 1.88. The van der Waals surface area contributed by atoms with Gasteiger partial charge < -0.3 is 9.64 Å². The van der Waals surface area contributed by atoms with Gasteiger partial charge in [0.15, 0.2) is 6.10 Å². The van der Waals surface area contributed by atoms with Gasteiger partial charge in [-0.15, -0.1) is 0 Å². The second-order valence-corrected chi connectivity index (χ2v) is 8.94. The Morgan fingerprint density at radius 1 is 1.21 bits per heavy atom. The highest BCUT2D eigenvalue weighted by atomic mass is 32.2. The van der Waals surface area contributed by atoms with Crippen LogP contribution in [0.5, 0.6) is 5.75 Å². The molecule has 0 aromatic heterocycles. The van der Waals surface area contributed by atoms with E-state index in [1.165, 1.54) is 12.1 Å². The maximum absolute atomic E-state index is 13.1. The lowest BCUT2D eigenvalue weighted by Crippen LogP contribution is -2.39. The fourth-order valence-electron chi connectivity index (χ4n) is 3.09.